The number of nitrogens with zero attached hydrogens (tertiary/aromatic N) is 3. The van der Waals surface area contributed by atoms with Gasteiger partial charge in [0.05, 0.1) is 19.0 Å². The van der Waals surface area contributed by atoms with Crippen molar-refractivity contribution in [2.45, 2.75) is 30.3 Å². The first-order valence-corrected chi connectivity index (χ1v) is 9.22. The van der Waals surface area contributed by atoms with E-state index in [1.54, 1.807) is 12.1 Å². The number of fused-ring (bicyclic) bond motifs is 1. The molecule has 1 aromatic carbocycles. The summed E-state index contributed by atoms with van der Waals surface area (Å²) >= 11 is 1.27. The van der Waals surface area contributed by atoms with Gasteiger partial charge in [0.1, 0.15) is 0 Å². The molecule has 8 nitrogen and oxygen atoms in total. The van der Waals surface area contributed by atoms with Gasteiger partial charge in [-0.15, -0.1) is 10.2 Å². The Hall–Kier alpha value is -2.42. The number of aromatic nitrogens is 3. The molecule has 1 aliphatic heterocycles. The van der Waals surface area contributed by atoms with E-state index >= 15 is 0 Å². The standard InChI is InChI=1S/C16H19N5O3S/c17-21-15(10-2-3-10)19-20-16(21)25-9-14(22)18-11-4-5-12-13(8-11)24-7-1-6-23-12/h4-5,8,10H,1-3,6-7,9,17H2,(H,18,22). The van der Waals surface area contributed by atoms with Crippen LogP contribution in [0, 0.1) is 0 Å². The number of carbonyl (C=O) groups is 1. The Morgan fingerprint density at radius 3 is 2.88 bits per heavy atom. The van der Waals surface area contributed by atoms with Crippen LogP contribution in [0.2, 0.25) is 0 Å². The van der Waals surface area contributed by atoms with E-state index in [0.717, 1.165) is 25.1 Å². The van der Waals surface area contributed by atoms with Crippen LogP contribution in [0.1, 0.15) is 31.0 Å². The Balaban J connectivity index is 1.35. The first-order valence-electron chi connectivity index (χ1n) is 8.23. The third-order valence-corrected chi connectivity index (χ3v) is 4.94. The number of benzene rings is 1. The van der Waals surface area contributed by atoms with Crippen molar-refractivity contribution in [2.24, 2.45) is 0 Å². The van der Waals surface area contributed by atoms with Gasteiger partial charge in [0.25, 0.3) is 0 Å². The highest BCUT2D eigenvalue weighted by atomic mass is 32.2. The second-order valence-corrected chi connectivity index (χ2v) is 6.98. The van der Waals surface area contributed by atoms with Gasteiger partial charge >= 0.3 is 0 Å². The topological polar surface area (TPSA) is 104 Å². The van der Waals surface area contributed by atoms with Gasteiger partial charge in [0.2, 0.25) is 11.1 Å². The number of carbonyl (C=O) groups excluding carboxylic acids is 1. The summed E-state index contributed by atoms with van der Waals surface area (Å²) in [5.41, 5.74) is 0.669. The van der Waals surface area contributed by atoms with Crippen molar-refractivity contribution in [3.8, 4) is 11.5 Å². The van der Waals surface area contributed by atoms with Crippen molar-refractivity contribution in [1.82, 2.24) is 14.9 Å². The van der Waals surface area contributed by atoms with Gasteiger partial charge in [-0.1, -0.05) is 11.8 Å². The molecule has 0 spiro atoms. The van der Waals surface area contributed by atoms with Crippen LogP contribution in [0.15, 0.2) is 23.4 Å². The number of rotatable bonds is 5. The zero-order chi connectivity index (χ0) is 17.2. The lowest BCUT2D eigenvalue weighted by atomic mass is 10.2. The van der Waals surface area contributed by atoms with Crippen LogP contribution >= 0.6 is 11.8 Å². The molecule has 1 aromatic heterocycles. The van der Waals surface area contributed by atoms with Gasteiger partial charge in [0.15, 0.2) is 17.3 Å². The van der Waals surface area contributed by atoms with E-state index < -0.39 is 0 Å². The van der Waals surface area contributed by atoms with Crippen LogP contribution in [0.5, 0.6) is 11.5 Å². The number of hydrogen-bond donors (Lipinski definition) is 2. The fourth-order valence-corrected chi connectivity index (χ4v) is 3.24. The minimum absolute atomic E-state index is 0.143. The van der Waals surface area contributed by atoms with E-state index in [9.17, 15) is 4.79 Å². The highest BCUT2D eigenvalue weighted by molar-refractivity contribution is 7.99. The minimum Gasteiger partial charge on any atom is -0.490 e. The molecule has 132 valence electrons. The molecule has 2 aliphatic rings. The maximum atomic E-state index is 12.2. The minimum atomic E-state index is -0.143. The largest absolute Gasteiger partial charge is 0.490 e. The van der Waals surface area contributed by atoms with Crippen LogP contribution in [-0.4, -0.2) is 39.7 Å². The lowest BCUT2D eigenvalue weighted by Gasteiger charge is -2.10. The smallest absolute Gasteiger partial charge is 0.234 e. The van der Waals surface area contributed by atoms with E-state index in [-0.39, 0.29) is 11.7 Å². The van der Waals surface area contributed by atoms with Crippen molar-refractivity contribution in [1.29, 1.82) is 0 Å². The Morgan fingerprint density at radius 2 is 2.08 bits per heavy atom. The lowest BCUT2D eigenvalue weighted by Crippen LogP contribution is -2.17. The molecule has 25 heavy (non-hydrogen) atoms. The van der Waals surface area contributed by atoms with Crippen LogP contribution in [-0.2, 0) is 4.79 Å². The van der Waals surface area contributed by atoms with Gasteiger partial charge in [0, 0.05) is 24.1 Å². The molecule has 0 radical (unpaired) electrons. The second kappa shape index (κ2) is 6.83. The van der Waals surface area contributed by atoms with Crippen molar-refractivity contribution in [3.05, 3.63) is 24.0 Å². The molecule has 1 saturated carbocycles. The quantitative estimate of drug-likeness (QED) is 0.617. The molecule has 1 amide bonds. The number of amides is 1. The number of nitrogens with two attached hydrogens (primary N) is 1. The molecule has 3 N–H and O–H groups in total. The summed E-state index contributed by atoms with van der Waals surface area (Å²) in [7, 11) is 0. The Labute approximate surface area is 149 Å². The van der Waals surface area contributed by atoms with E-state index in [2.05, 4.69) is 15.5 Å². The summed E-state index contributed by atoms with van der Waals surface area (Å²) in [6.07, 6.45) is 3.05. The molecule has 1 aliphatic carbocycles. The summed E-state index contributed by atoms with van der Waals surface area (Å²) < 4.78 is 12.7. The number of thioether (sulfide) groups is 1. The molecule has 0 unspecified atom stereocenters. The zero-order valence-corrected chi connectivity index (χ0v) is 14.4. The van der Waals surface area contributed by atoms with Gasteiger partial charge in [-0.3, -0.25) is 4.79 Å². The van der Waals surface area contributed by atoms with E-state index in [1.807, 2.05) is 6.07 Å². The molecule has 4 rings (SSSR count). The predicted octanol–water partition coefficient (Wildman–Crippen LogP) is 1.76. The summed E-state index contributed by atoms with van der Waals surface area (Å²) in [4.78, 5) is 12.2. The van der Waals surface area contributed by atoms with Crippen LogP contribution < -0.4 is 20.6 Å². The molecular formula is C16H19N5O3S. The molecule has 0 saturated heterocycles. The number of nitrogens with one attached hydrogen (secondary N) is 1. The van der Waals surface area contributed by atoms with Crippen molar-refractivity contribution >= 4 is 23.4 Å². The van der Waals surface area contributed by atoms with Crippen molar-refractivity contribution in [2.75, 3.05) is 30.1 Å². The molecule has 2 heterocycles. The first-order chi connectivity index (χ1) is 12.2. The highest BCUT2D eigenvalue weighted by Crippen LogP contribution is 2.39. The maximum Gasteiger partial charge on any atom is 0.234 e. The van der Waals surface area contributed by atoms with Gasteiger partial charge in [-0.2, -0.15) is 0 Å². The van der Waals surface area contributed by atoms with E-state index in [0.29, 0.717) is 41.5 Å². The number of nitrogen functional groups attached to an aromatic ring is 1. The Kier molecular flexibility index (Phi) is 4.39. The lowest BCUT2D eigenvalue weighted by molar-refractivity contribution is -0.113. The highest BCUT2D eigenvalue weighted by Gasteiger charge is 2.30. The zero-order valence-electron chi connectivity index (χ0n) is 13.6. The van der Waals surface area contributed by atoms with Crippen LogP contribution in [0.4, 0.5) is 5.69 Å². The normalized spacial score (nSPS) is 16.3. The first kappa shape index (κ1) is 16.1. The Bertz CT molecular complexity index is 790. The molecule has 9 heteroatoms. The third kappa shape index (κ3) is 3.65. The SMILES string of the molecule is Nn1c(SCC(=O)Nc2ccc3c(c2)OCCCO3)nnc1C1CC1. The van der Waals surface area contributed by atoms with E-state index in [4.69, 9.17) is 15.3 Å². The second-order valence-electron chi connectivity index (χ2n) is 6.03. The fraction of sp³-hybridized carbons (Fsp3) is 0.438. The van der Waals surface area contributed by atoms with Crippen LogP contribution in [0.25, 0.3) is 0 Å². The van der Waals surface area contributed by atoms with Gasteiger partial charge < -0.3 is 20.6 Å². The van der Waals surface area contributed by atoms with Crippen molar-refractivity contribution in [3.63, 3.8) is 0 Å². The predicted molar refractivity (Wildman–Crippen MR) is 93.6 cm³/mol. The third-order valence-electron chi connectivity index (χ3n) is 4.00. The Morgan fingerprint density at radius 1 is 1.28 bits per heavy atom. The maximum absolute atomic E-state index is 12.2. The van der Waals surface area contributed by atoms with E-state index in [1.165, 1.54) is 16.4 Å². The van der Waals surface area contributed by atoms with Crippen LogP contribution in [0.3, 0.4) is 0 Å². The number of ether oxygens (including phenoxy) is 2. The molecule has 1 fully saturated rings. The number of hydrogen-bond acceptors (Lipinski definition) is 7. The summed E-state index contributed by atoms with van der Waals surface area (Å²) in [5, 5.41) is 11.6. The molecular weight excluding hydrogens is 342 g/mol. The van der Waals surface area contributed by atoms with Gasteiger partial charge in [-0.05, 0) is 25.0 Å². The molecule has 0 atom stereocenters. The summed E-state index contributed by atoms with van der Waals surface area (Å²) in [5.74, 6) is 8.61. The average molecular weight is 361 g/mol. The average Bonchev–Trinajstić information content (AvgIpc) is 3.40. The summed E-state index contributed by atoms with van der Waals surface area (Å²) in [6.45, 7) is 1.24. The molecule has 0 bridgehead atoms. The molecule has 2 aromatic rings. The fourth-order valence-electron chi connectivity index (χ4n) is 2.57. The summed E-state index contributed by atoms with van der Waals surface area (Å²) in [6, 6.07) is 5.38. The van der Waals surface area contributed by atoms with Crippen molar-refractivity contribution < 1.29 is 14.3 Å². The van der Waals surface area contributed by atoms with Gasteiger partial charge in [-0.25, -0.2) is 4.68 Å². The number of anilines is 1. The monoisotopic (exact) mass is 361 g/mol.